The number of nitrogens with zero attached hydrogens (tertiary/aromatic N) is 1. The van der Waals surface area contributed by atoms with Gasteiger partial charge >= 0.3 is 0 Å². The quantitative estimate of drug-likeness (QED) is 0.603. The van der Waals surface area contributed by atoms with Crippen LogP contribution < -0.4 is 0 Å². The third-order valence-electron chi connectivity index (χ3n) is 4.36. The zero-order chi connectivity index (χ0) is 12.8. The van der Waals surface area contributed by atoms with E-state index in [0.29, 0.717) is 18.1 Å². The average molecular weight is 249 g/mol. The minimum atomic E-state index is -0.868. The maximum atomic E-state index is 11.1. The van der Waals surface area contributed by atoms with Gasteiger partial charge in [0.2, 0.25) is 5.72 Å². The average Bonchev–Trinajstić information content (AvgIpc) is 3.17. The number of carbonyl (C=O) groups excluding carboxylic acids is 1. The Balaban J connectivity index is 1.95. The number of hydrogen-bond donors (Lipinski definition) is 1. The third-order valence-corrected chi connectivity index (χ3v) is 4.36. The summed E-state index contributed by atoms with van der Waals surface area (Å²) in [5.74, 6) is 0.396. The molecule has 1 spiro atoms. The number of hydrogen-bond acceptors (Lipinski definition) is 4. The molecule has 1 aliphatic carbocycles. The summed E-state index contributed by atoms with van der Waals surface area (Å²) in [4.78, 5) is 11.1. The molecule has 1 saturated heterocycles. The number of aldehydes is 1. The molecule has 1 N–H and O–H groups in total. The van der Waals surface area contributed by atoms with Gasteiger partial charge in [-0.3, -0.25) is 10.0 Å². The van der Waals surface area contributed by atoms with E-state index in [1.165, 1.54) is 24.3 Å². The monoisotopic (exact) mass is 249 g/mol. The predicted molar refractivity (Wildman–Crippen MR) is 65.7 cm³/mol. The summed E-state index contributed by atoms with van der Waals surface area (Å²) in [6, 6.07) is 0. The number of hydroxylamine groups is 2. The summed E-state index contributed by atoms with van der Waals surface area (Å²) >= 11 is 0. The van der Waals surface area contributed by atoms with Crippen LogP contribution in [0.4, 0.5) is 0 Å². The van der Waals surface area contributed by atoms with E-state index in [1.807, 2.05) is 13.0 Å². The SMILES string of the molecule is CC1=C(C=O)C2(CO2)N(O)C(C2CCCCC2)=C1. The van der Waals surface area contributed by atoms with Gasteiger partial charge < -0.3 is 4.74 Å². The zero-order valence-corrected chi connectivity index (χ0v) is 10.7. The maximum Gasteiger partial charge on any atom is 0.217 e. The van der Waals surface area contributed by atoms with Crippen molar-refractivity contribution in [1.29, 1.82) is 0 Å². The standard InChI is InChI=1S/C14H19NO3/c1-10-7-13(11-5-3-2-4-6-11)15(17)14(9-18-14)12(10)8-16/h7-8,11,17H,2-6,9H2,1H3. The number of epoxide rings is 1. The van der Waals surface area contributed by atoms with Crippen molar-refractivity contribution in [2.24, 2.45) is 5.92 Å². The minimum absolute atomic E-state index is 0.396. The van der Waals surface area contributed by atoms with Gasteiger partial charge in [-0.05, 0) is 31.4 Å². The molecule has 1 atom stereocenters. The van der Waals surface area contributed by atoms with Crippen LogP contribution in [0.25, 0.3) is 0 Å². The van der Waals surface area contributed by atoms with Crippen molar-refractivity contribution < 1.29 is 14.7 Å². The third kappa shape index (κ3) is 1.63. The second-order valence-corrected chi connectivity index (χ2v) is 5.50. The molecule has 0 aromatic carbocycles. The van der Waals surface area contributed by atoms with Crippen LogP contribution in [0.5, 0.6) is 0 Å². The Bertz CT molecular complexity index is 428. The van der Waals surface area contributed by atoms with Crippen LogP contribution in [0.3, 0.4) is 0 Å². The summed E-state index contributed by atoms with van der Waals surface area (Å²) < 4.78 is 5.39. The topological polar surface area (TPSA) is 53.1 Å². The van der Waals surface area contributed by atoms with Gasteiger partial charge in [0.15, 0.2) is 6.29 Å². The van der Waals surface area contributed by atoms with E-state index in [2.05, 4.69) is 0 Å². The first-order valence-electron chi connectivity index (χ1n) is 6.70. The summed E-state index contributed by atoms with van der Waals surface area (Å²) in [5, 5.41) is 11.6. The Hall–Kier alpha value is -1.13. The Morgan fingerprint density at radius 1 is 1.44 bits per heavy atom. The van der Waals surface area contributed by atoms with Crippen LogP contribution in [-0.2, 0) is 9.53 Å². The van der Waals surface area contributed by atoms with Gasteiger partial charge in [0, 0.05) is 11.6 Å². The van der Waals surface area contributed by atoms with E-state index in [9.17, 15) is 10.0 Å². The number of allylic oxidation sites excluding steroid dienone is 3. The van der Waals surface area contributed by atoms with Gasteiger partial charge in [0.1, 0.15) is 6.61 Å². The van der Waals surface area contributed by atoms with E-state index in [0.717, 1.165) is 30.4 Å². The van der Waals surface area contributed by atoms with Crippen molar-refractivity contribution in [2.45, 2.75) is 44.8 Å². The highest BCUT2D eigenvalue weighted by Crippen LogP contribution is 2.47. The van der Waals surface area contributed by atoms with Crippen molar-refractivity contribution >= 4 is 6.29 Å². The Morgan fingerprint density at radius 2 is 2.11 bits per heavy atom. The van der Waals surface area contributed by atoms with Crippen LogP contribution in [0, 0.1) is 5.92 Å². The molecule has 2 aliphatic heterocycles. The fourth-order valence-electron chi connectivity index (χ4n) is 3.21. The first kappa shape index (κ1) is 11.9. The van der Waals surface area contributed by atoms with Gasteiger partial charge in [0.05, 0.1) is 5.57 Å². The molecule has 2 heterocycles. The molecule has 4 heteroatoms. The zero-order valence-electron chi connectivity index (χ0n) is 10.7. The normalized spacial score (nSPS) is 32.8. The Labute approximate surface area is 107 Å². The predicted octanol–water partition coefficient (Wildman–Crippen LogP) is 2.40. The molecule has 0 aromatic heterocycles. The molecule has 18 heavy (non-hydrogen) atoms. The van der Waals surface area contributed by atoms with E-state index < -0.39 is 5.72 Å². The summed E-state index contributed by atoms with van der Waals surface area (Å²) in [6.07, 6.45) is 8.70. The summed E-state index contributed by atoms with van der Waals surface area (Å²) in [5.41, 5.74) is 1.54. The first-order chi connectivity index (χ1) is 8.69. The van der Waals surface area contributed by atoms with Crippen molar-refractivity contribution in [1.82, 2.24) is 5.06 Å². The van der Waals surface area contributed by atoms with Gasteiger partial charge in [-0.2, -0.15) is 0 Å². The van der Waals surface area contributed by atoms with Crippen LogP contribution in [0.2, 0.25) is 0 Å². The second-order valence-electron chi connectivity index (χ2n) is 5.50. The van der Waals surface area contributed by atoms with E-state index >= 15 is 0 Å². The maximum absolute atomic E-state index is 11.1. The van der Waals surface area contributed by atoms with Gasteiger partial charge in [0.25, 0.3) is 0 Å². The largest absolute Gasteiger partial charge is 0.342 e. The lowest BCUT2D eigenvalue weighted by molar-refractivity contribution is -0.141. The molecule has 0 amide bonds. The Kier molecular flexibility index (Phi) is 2.79. The molecule has 0 aromatic rings. The molecule has 4 nitrogen and oxygen atoms in total. The lowest BCUT2D eigenvalue weighted by Gasteiger charge is -2.36. The highest BCUT2D eigenvalue weighted by Gasteiger charge is 2.57. The van der Waals surface area contributed by atoms with E-state index in [4.69, 9.17) is 4.74 Å². The lowest BCUT2D eigenvalue weighted by Crippen LogP contribution is -2.42. The lowest BCUT2D eigenvalue weighted by atomic mass is 9.83. The molecule has 2 fully saturated rings. The highest BCUT2D eigenvalue weighted by molar-refractivity contribution is 5.80. The number of rotatable bonds is 2. The number of ether oxygens (including phenoxy) is 1. The van der Waals surface area contributed by atoms with Crippen molar-refractivity contribution in [3.8, 4) is 0 Å². The molecule has 0 radical (unpaired) electrons. The summed E-state index contributed by atoms with van der Waals surface area (Å²) in [6.45, 7) is 2.32. The molecule has 3 aliphatic rings. The smallest absolute Gasteiger partial charge is 0.217 e. The van der Waals surface area contributed by atoms with Crippen LogP contribution >= 0.6 is 0 Å². The van der Waals surface area contributed by atoms with Gasteiger partial charge in [-0.25, -0.2) is 5.06 Å². The minimum Gasteiger partial charge on any atom is -0.342 e. The summed E-state index contributed by atoms with van der Waals surface area (Å²) in [7, 11) is 0. The molecular weight excluding hydrogens is 230 g/mol. The van der Waals surface area contributed by atoms with Crippen LogP contribution in [0.15, 0.2) is 22.9 Å². The van der Waals surface area contributed by atoms with Crippen LogP contribution in [-0.4, -0.2) is 28.9 Å². The van der Waals surface area contributed by atoms with Crippen molar-refractivity contribution in [3.63, 3.8) is 0 Å². The van der Waals surface area contributed by atoms with Crippen LogP contribution in [0.1, 0.15) is 39.0 Å². The van der Waals surface area contributed by atoms with E-state index in [-0.39, 0.29) is 0 Å². The molecule has 3 rings (SSSR count). The van der Waals surface area contributed by atoms with Gasteiger partial charge in [-0.1, -0.05) is 19.3 Å². The van der Waals surface area contributed by atoms with Crippen molar-refractivity contribution in [3.05, 3.63) is 22.9 Å². The molecule has 1 saturated carbocycles. The molecule has 0 bridgehead atoms. The molecule has 98 valence electrons. The highest BCUT2D eigenvalue weighted by atomic mass is 16.7. The Morgan fingerprint density at radius 3 is 2.67 bits per heavy atom. The second kappa shape index (κ2) is 4.21. The molecule has 1 unspecified atom stereocenters. The number of carbonyl (C=O) groups is 1. The first-order valence-corrected chi connectivity index (χ1v) is 6.70. The van der Waals surface area contributed by atoms with E-state index in [1.54, 1.807) is 0 Å². The fraction of sp³-hybridized carbons (Fsp3) is 0.643. The molecular formula is C14H19NO3. The van der Waals surface area contributed by atoms with Gasteiger partial charge in [-0.15, -0.1) is 0 Å². The van der Waals surface area contributed by atoms with Crippen molar-refractivity contribution in [2.75, 3.05) is 6.61 Å². The fourth-order valence-corrected chi connectivity index (χ4v) is 3.21.